The summed E-state index contributed by atoms with van der Waals surface area (Å²) in [5.41, 5.74) is 5.82. The molecule has 1 heterocycles. The molecule has 1 aliphatic rings. The van der Waals surface area contributed by atoms with Crippen LogP contribution in [0, 0.1) is 5.92 Å². The minimum atomic E-state index is 0.0738. The Hall–Kier alpha value is 0.1000. The van der Waals surface area contributed by atoms with E-state index in [0.717, 1.165) is 10.4 Å². The number of hydrogen-bond donors (Lipinski definition) is 1. The fraction of sp³-hybridized carbons (Fsp3) is 0.692. The van der Waals surface area contributed by atoms with Gasteiger partial charge < -0.3 is 10.5 Å². The van der Waals surface area contributed by atoms with Crippen LogP contribution in [0.15, 0.2) is 15.9 Å². The van der Waals surface area contributed by atoms with Crippen LogP contribution in [-0.2, 0) is 4.74 Å². The van der Waals surface area contributed by atoms with Crippen molar-refractivity contribution < 1.29 is 4.74 Å². The van der Waals surface area contributed by atoms with Crippen LogP contribution in [0.3, 0.4) is 0 Å². The van der Waals surface area contributed by atoms with Crippen LogP contribution >= 0.6 is 27.3 Å². The first-order valence-corrected chi connectivity index (χ1v) is 7.95. The maximum atomic E-state index is 6.15. The molecule has 0 aliphatic heterocycles. The second-order valence-electron chi connectivity index (χ2n) is 4.91. The van der Waals surface area contributed by atoms with Gasteiger partial charge in [-0.1, -0.05) is 6.92 Å². The molecule has 0 bridgehead atoms. The minimum Gasteiger partial charge on any atom is -0.368 e. The molecular formula is C13H20BrNOS. The molecule has 0 amide bonds. The Labute approximate surface area is 116 Å². The number of ether oxygens (including phenoxy) is 1. The van der Waals surface area contributed by atoms with Crippen LogP contribution in [0.5, 0.6) is 0 Å². The lowest BCUT2D eigenvalue weighted by molar-refractivity contribution is -0.0312. The van der Waals surface area contributed by atoms with Crippen molar-refractivity contribution in [3.05, 3.63) is 20.8 Å². The maximum absolute atomic E-state index is 6.15. The van der Waals surface area contributed by atoms with E-state index in [4.69, 9.17) is 10.5 Å². The molecule has 1 atom stereocenters. The Morgan fingerprint density at radius 1 is 1.47 bits per heavy atom. The molecule has 1 saturated carbocycles. The minimum absolute atomic E-state index is 0.0738. The van der Waals surface area contributed by atoms with Gasteiger partial charge in [-0.15, -0.1) is 11.3 Å². The first-order chi connectivity index (χ1) is 8.19. The molecule has 17 heavy (non-hydrogen) atoms. The molecule has 1 unspecified atom stereocenters. The van der Waals surface area contributed by atoms with Gasteiger partial charge >= 0.3 is 0 Å². The van der Waals surface area contributed by atoms with Gasteiger partial charge in [0, 0.05) is 21.3 Å². The molecular weight excluding hydrogens is 298 g/mol. The summed E-state index contributed by atoms with van der Waals surface area (Å²) < 4.78 is 7.27. The van der Waals surface area contributed by atoms with Crippen LogP contribution in [0.25, 0.3) is 0 Å². The van der Waals surface area contributed by atoms with Gasteiger partial charge in [0.15, 0.2) is 0 Å². The van der Waals surface area contributed by atoms with E-state index in [1.807, 2.05) is 0 Å². The van der Waals surface area contributed by atoms with Crippen molar-refractivity contribution in [1.82, 2.24) is 0 Å². The lowest BCUT2D eigenvalue weighted by Gasteiger charge is -2.29. The van der Waals surface area contributed by atoms with Crippen molar-refractivity contribution in [2.75, 3.05) is 6.54 Å². The van der Waals surface area contributed by atoms with E-state index < -0.39 is 0 Å². The highest BCUT2D eigenvalue weighted by atomic mass is 79.9. The quantitative estimate of drug-likeness (QED) is 0.907. The molecule has 1 aromatic rings. The lowest BCUT2D eigenvalue weighted by atomic mass is 9.89. The van der Waals surface area contributed by atoms with Gasteiger partial charge in [0.2, 0.25) is 0 Å². The largest absolute Gasteiger partial charge is 0.368 e. The van der Waals surface area contributed by atoms with Crippen LogP contribution in [-0.4, -0.2) is 12.6 Å². The molecule has 2 nitrogen and oxygen atoms in total. The molecule has 0 spiro atoms. The zero-order chi connectivity index (χ0) is 12.3. The molecule has 2 N–H and O–H groups in total. The summed E-state index contributed by atoms with van der Waals surface area (Å²) >= 11 is 5.20. The van der Waals surface area contributed by atoms with Gasteiger partial charge in [-0.2, -0.15) is 0 Å². The molecule has 4 heteroatoms. The molecule has 0 saturated heterocycles. The van der Waals surface area contributed by atoms with Crippen molar-refractivity contribution in [2.45, 2.75) is 44.8 Å². The van der Waals surface area contributed by atoms with E-state index in [1.54, 1.807) is 11.3 Å². The predicted octanol–water partition coefficient (Wildman–Crippen LogP) is 4.11. The summed E-state index contributed by atoms with van der Waals surface area (Å²) in [6, 6.07) is 2.12. The summed E-state index contributed by atoms with van der Waals surface area (Å²) in [5.74, 6) is 0.863. The Balaban J connectivity index is 1.91. The second kappa shape index (κ2) is 6.32. The normalized spacial score (nSPS) is 27.0. The number of rotatable bonds is 4. The molecule has 1 aliphatic carbocycles. The van der Waals surface area contributed by atoms with Gasteiger partial charge in [0.05, 0.1) is 6.10 Å². The van der Waals surface area contributed by atoms with Crippen LogP contribution in [0.1, 0.15) is 43.6 Å². The van der Waals surface area contributed by atoms with Gasteiger partial charge in [-0.05, 0) is 53.6 Å². The highest BCUT2D eigenvalue weighted by Gasteiger charge is 2.23. The first kappa shape index (κ1) is 13.5. The number of thiophene rings is 1. The van der Waals surface area contributed by atoms with E-state index in [1.165, 1.54) is 30.6 Å². The Morgan fingerprint density at radius 3 is 2.71 bits per heavy atom. The lowest BCUT2D eigenvalue weighted by Crippen LogP contribution is -2.25. The third-order valence-electron chi connectivity index (χ3n) is 3.44. The summed E-state index contributed by atoms with van der Waals surface area (Å²) in [6.07, 6.45) is 5.42. The van der Waals surface area contributed by atoms with Gasteiger partial charge in [-0.25, -0.2) is 0 Å². The van der Waals surface area contributed by atoms with Crippen molar-refractivity contribution in [3.63, 3.8) is 0 Å². The number of halogens is 1. The third kappa shape index (κ3) is 3.78. The second-order valence-corrected chi connectivity index (χ2v) is 6.77. The molecule has 0 radical (unpaired) electrons. The van der Waals surface area contributed by atoms with Crippen molar-refractivity contribution in [3.8, 4) is 0 Å². The molecule has 1 fully saturated rings. The Bertz CT molecular complexity index is 347. The number of hydrogen-bond acceptors (Lipinski definition) is 3. The average Bonchev–Trinajstić information content (AvgIpc) is 2.75. The van der Waals surface area contributed by atoms with Crippen molar-refractivity contribution >= 4 is 27.3 Å². The highest BCUT2D eigenvalue weighted by Crippen LogP contribution is 2.32. The summed E-state index contributed by atoms with van der Waals surface area (Å²) in [4.78, 5) is 1.23. The average molecular weight is 318 g/mol. The zero-order valence-corrected chi connectivity index (χ0v) is 12.6. The van der Waals surface area contributed by atoms with E-state index in [-0.39, 0.29) is 6.10 Å². The Morgan fingerprint density at radius 2 is 2.18 bits per heavy atom. The topological polar surface area (TPSA) is 35.2 Å². The molecule has 2 rings (SSSR count). The van der Waals surface area contributed by atoms with Gasteiger partial charge in [0.25, 0.3) is 0 Å². The van der Waals surface area contributed by atoms with Crippen LogP contribution < -0.4 is 5.73 Å². The van der Waals surface area contributed by atoms with E-state index in [9.17, 15) is 0 Å². The summed E-state index contributed by atoms with van der Waals surface area (Å²) in [7, 11) is 0. The predicted molar refractivity (Wildman–Crippen MR) is 76.3 cm³/mol. The van der Waals surface area contributed by atoms with Crippen molar-refractivity contribution in [2.24, 2.45) is 11.7 Å². The first-order valence-electron chi connectivity index (χ1n) is 6.28. The van der Waals surface area contributed by atoms with Gasteiger partial charge in [0.1, 0.15) is 6.10 Å². The zero-order valence-electron chi connectivity index (χ0n) is 10.2. The molecule has 96 valence electrons. The smallest absolute Gasteiger partial charge is 0.104 e. The van der Waals surface area contributed by atoms with E-state index in [2.05, 4.69) is 34.3 Å². The SMILES string of the molecule is CC1CCC(OC(CN)c2cc(Br)cs2)CC1. The fourth-order valence-electron chi connectivity index (χ4n) is 2.33. The van der Waals surface area contributed by atoms with Crippen LogP contribution in [0.4, 0.5) is 0 Å². The summed E-state index contributed by atoms with van der Waals surface area (Å²) in [5, 5.41) is 2.09. The maximum Gasteiger partial charge on any atom is 0.104 e. The van der Waals surface area contributed by atoms with E-state index >= 15 is 0 Å². The molecule has 1 aromatic heterocycles. The van der Waals surface area contributed by atoms with E-state index in [0.29, 0.717) is 12.6 Å². The molecule has 0 aromatic carbocycles. The highest BCUT2D eigenvalue weighted by molar-refractivity contribution is 9.10. The van der Waals surface area contributed by atoms with Gasteiger partial charge in [-0.3, -0.25) is 0 Å². The third-order valence-corrected chi connectivity index (χ3v) is 5.22. The summed E-state index contributed by atoms with van der Waals surface area (Å²) in [6.45, 7) is 2.89. The standard InChI is InChI=1S/C13H20BrNOS/c1-9-2-4-11(5-3-9)16-12(7-15)13-6-10(14)8-17-13/h6,8-9,11-12H,2-5,7,15H2,1H3. The monoisotopic (exact) mass is 317 g/mol. The van der Waals surface area contributed by atoms with Crippen LogP contribution in [0.2, 0.25) is 0 Å². The van der Waals surface area contributed by atoms with Crippen molar-refractivity contribution in [1.29, 1.82) is 0 Å². The fourth-order valence-corrected chi connectivity index (χ4v) is 3.83. The number of nitrogens with two attached hydrogens (primary N) is 1. The Kier molecular flexibility index (Phi) is 5.03.